The number of hydrogen-bond donors (Lipinski definition) is 1. The third kappa shape index (κ3) is 4.22. The lowest BCUT2D eigenvalue weighted by Crippen LogP contribution is -2.40. The normalized spacial score (nSPS) is 15.7. The number of rotatable bonds is 5. The summed E-state index contributed by atoms with van der Waals surface area (Å²) in [5.41, 5.74) is 2.82. The molecule has 2 aromatic carbocycles. The van der Waals surface area contributed by atoms with Crippen LogP contribution in [0.1, 0.15) is 24.1 Å². The second-order valence-corrected chi connectivity index (χ2v) is 10.2. The minimum absolute atomic E-state index is 0.106. The van der Waals surface area contributed by atoms with E-state index in [1.807, 2.05) is 26.0 Å². The molecular formula is C23H28N4O4S. The van der Waals surface area contributed by atoms with Gasteiger partial charge >= 0.3 is 0 Å². The molecule has 1 aliphatic heterocycles. The molecule has 32 heavy (non-hydrogen) atoms. The second kappa shape index (κ2) is 8.55. The second-order valence-electron chi connectivity index (χ2n) is 8.26. The lowest BCUT2D eigenvalue weighted by Gasteiger charge is -2.29. The Balaban J connectivity index is 1.84. The SMILES string of the molecule is Cc1cc([C@@H](C)Nc2ccccc2S(C)(=O)=O)c2nc(N3CCOCC3)n(C)c(=O)c2c1. The Bertz CT molecular complexity index is 1330. The van der Waals surface area contributed by atoms with Crippen molar-refractivity contribution >= 4 is 32.4 Å². The van der Waals surface area contributed by atoms with Gasteiger partial charge in [-0.05, 0) is 37.6 Å². The number of anilines is 2. The molecule has 0 aliphatic carbocycles. The van der Waals surface area contributed by atoms with Crippen LogP contribution in [0, 0.1) is 6.92 Å². The summed E-state index contributed by atoms with van der Waals surface area (Å²) in [6, 6.07) is 10.4. The first-order valence-corrected chi connectivity index (χ1v) is 12.5. The predicted octanol–water partition coefficient (Wildman–Crippen LogP) is 2.66. The van der Waals surface area contributed by atoms with Gasteiger partial charge in [0.15, 0.2) is 9.84 Å². The Morgan fingerprint density at radius 3 is 2.53 bits per heavy atom. The van der Waals surface area contributed by atoms with Crippen molar-refractivity contribution < 1.29 is 13.2 Å². The minimum Gasteiger partial charge on any atom is -0.378 e. The zero-order chi connectivity index (χ0) is 23.0. The van der Waals surface area contributed by atoms with Gasteiger partial charge in [-0.2, -0.15) is 0 Å². The number of morpholine rings is 1. The number of nitrogens with zero attached hydrogens (tertiary/aromatic N) is 3. The highest BCUT2D eigenvalue weighted by atomic mass is 32.2. The van der Waals surface area contributed by atoms with Crippen molar-refractivity contribution in [3.63, 3.8) is 0 Å². The Morgan fingerprint density at radius 1 is 1.16 bits per heavy atom. The number of ether oxygens (including phenoxy) is 1. The first-order valence-electron chi connectivity index (χ1n) is 10.6. The molecule has 1 fully saturated rings. The molecule has 1 aliphatic rings. The van der Waals surface area contributed by atoms with Crippen molar-refractivity contribution in [3.05, 3.63) is 57.9 Å². The first-order chi connectivity index (χ1) is 15.2. The van der Waals surface area contributed by atoms with Gasteiger partial charge in [-0.25, -0.2) is 13.4 Å². The molecular weight excluding hydrogens is 428 g/mol. The number of fused-ring (bicyclic) bond motifs is 1. The van der Waals surface area contributed by atoms with E-state index in [4.69, 9.17) is 9.72 Å². The molecule has 0 amide bonds. The number of aryl methyl sites for hydroxylation is 1. The molecule has 4 rings (SSSR count). The van der Waals surface area contributed by atoms with Crippen LogP contribution in [-0.4, -0.2) is 50.5 Å². The zero-order valence-corrected chi connectivity index (χ0v) is 19.6. The zero-order valence-electron chi connectivity index (χ0n) is 18.8. The maximum Gasteiger partial charge on any atom is 0.262 e. The molecule has 0 unspecified atom stereocenters. The summed E-state index contributed by atoms with van der Waals surface area (Å²) in [4.78, 5) is 20.4. The largest absolute Gasteiger partial charge is 0.378 e. The quantitative estimate of drug-likeness (QED) is 0.631. The van der Waals surface area contributed by atoms with Crippen LogP contribution in [0.3, 0.4) is 0 Å². The maximum atomic E-state index is 13.2. The average molecular weight is 457 g/mol. The van der Waals surface area contributed by atoms with E-state index in [2.05, 4.69) is 10.2 Å². The molecule has 2 heterocycles. The van der Waals surface area contributed by atoms with Crippen LogP contribution in [0.2, 0.25) is 0 Å². The topological polar surface area (TPSA) is 93.5 Å². The van der Waals surface area contributed by atoms with Gasteiger partial charge in [0.2, 0.25) is 5.95 Å². The number of para-hydroxylation sites is 1. The molecule has 1 aromatic heterocycles. The molecule has 9 heteroatoms. The summed E-state index contributed by atoms with van der Waals surface area (Å²) in [6.07, 6.45) is 1.19. The van der Waals surface area contributed by atoms with Crippen molar-refractivity contribution in [2.75, 3.05) is 42.8 Å². The van der Waals surface area contributed by atoms with Gasteiger partial charge in [0.1, 0.15) is 0 Å². The number of sulfone groups is 1. The monoisotopic (exact) mass is 456 g/mol. The van der Waals surface area contributed by atoms with Crippen molar-refractivity contribution in [2.45, 2.75) is 24.8 Å². The molecule has 1 atom stereocenters. The molecule has 0 spiro atoms. The Hall–Kier alpha value is -2.91. The van der Waals surface area contributed by atoms with E-state index < -0.39 is 9.84 Å². The Morgan fingerprint density at radius 2 is 1.84 bits per heavy atom. The van der Waals surface area contributed by atoms with Crippen LogP contribution in [-0.2, 0) is 21.6 Å². The highest BCUT2D eigenvalue weighted by Gasteiger charge is 2.22. The number of aromatic nitrogens is 2. The van der Waals surface area contributed by atoms with Crippen LogP contribution in [0.4, 0.5) is 11.6 Å². The molecule has 1 saturated heterocycles. The molecule has 0 saturated carbocycles. The molecule has 0 bridgehead atoms. The fourth-order valence-corrected chi connectivity index (χ4v) is 4.99. The lowest BCUT2D eigenvalue weighted by molar-refractivity contribution is 0.121. The fraction of sp³-hybridized carbons (Fsp3) is 0.391. The van der Waals surface area contributed by atoms with Crippen LogP contribution in [0.5, 0.6) is 0 Å². The van der Waals surface area contributed by atoms with E-state index in [1.54, 1.807) is 35.9 Å². The van der Waals surface area contributed by atoms with Crippen molar-refractivity contribution in [2.24, 2.45) is 7.05 Å². The van der Waals surface area contributed by atoms with Gasteiger partial charge in [-0.15, -0.1) is 0 Å². The van der Waals surface area contributed by atoms with Gasteiger partial charge in [0.05, 0.1) is 40.7 Å². The van der Waals surface area contributed by atoms with E-state index in [1.165, 1.54) is 6.26 Å². The summed E-state index contributed by atoms with van der Waals surface area (Å²) in [7, 11) is -1.65. The number of nitrogens with one attached hydrogen (secondary N) is 1. The summed E-state index contributed by atoms with van der Waals surface area (Å²) in [5.74, 6) is 0.611. The smallest absolute Gasteiger partial charge is 0.262 e. The van der Waals surface area contributed by atoms with Gasteiger partial charge in [0, 0.05) is 32.0 Å². The third-order valence-corrected chi connectivity index (χ3v) is 6.90. The van der Waals surface area contributed by atoms with Crippen molar-refractivity contribution in [1.82, 2.24) is 9.55 Å². The molecule has 170 valence electrons. The fourth-order valence-electron chi connectivity index (χ4n) is 4.14. The lowest BCUT2D eigenvalue weighted by atomic mass is 10.0. The van der Waals surface area contributed by atoms with Crippen LogP contribution >= 0.6 is 0 Å². The summed E-state index contributed by atoms with van der Waals surface area (Å²) in [5, 5.41) is 3.87. The van der Waals surface area contributed by atoms with E-state index >= 15 is 0 Å². The summed E-state index contributed by atoms with van der Waals surface area (Å²) in [6.45, 7) is 6.41. The van der Waals surface area contributed by atoms with Gasteiger partial charge in [0.25, 0.3) is 5.56 Å². The molecule has 0 radical (unpaired) electrons. The van der Waals surface area contributed by atoms with Crippen molar-refractivity contribution in [3.8, 4) is 0 Å². The van der Waals surface area contributed by atoms with E-state index in [0.717, 1.165) is 11.1 Å². The Kier molecular flexibility index (Phi) is 5.96. The van der Waals surface area contributed by atoms with Crippen LogP contribution < -0.4 is 15.8 Å². The van der Waals surface area contributed by atoms with Crippen LogP contribution in [0.25, 0.3) is 10.9 Å². The maximum absolute atomic E-state index is 13.2. The average Bonchev–Trinajstić information content (AvgIpc) is 2.76. The third-order valence-electron chi connectivity index (χ3n) is 5.75. The number of benzene rings is 2. The van der Waals surface area contributed by atoms with Gasteiger partial charge in [-0.3, -0.25) is 9.36 Å². The first kappa shape index (κ1) is 22.3. The van der Waals surface area contributed by atoms with Gasteiger partial charge < -0.3 is 15.0 Å². The predicted molar refractivity (Wildman–Crippen MR) is 126 cm³/mol. The van der Waals surface area contributed by atoms with E-state index in [-0.39, 0.29) is 16.5 Å². The highest BCUT2D eigenvalue weighted by molar-refractivity contribution is 7.90. The summed E-state index contributed by atoms with van der Waals surface area (Å²) < 4.78 is 31.5. The molecule has 3 aromatic rings. The van der Waals surface area contributed by atoms with E-state index in [0.29, 0.717) is 48.8 Å². The van der Waals surface area contributed by atoms with Crippen LogP contribution in [0.15, 0.2) is 46.1 Å². The Labute approximate surface area is 187 Å². The number of hydrogen-bond acceptors (Lipinski definition) is 7. The minimum atomic E-state index is -3.40. The highest BCUT2D eigenvalue weighted by Crippen LogP contribution is 2.30. The van der Waals surface area contributed by atoms with Crippen molar-refractivity contribution in [1.29, 1.82) is 0 Å². The van der Waals surface area contributed by atoms with E-state index in [9.17, 15) is 13.2 Å². The standard InChI is InChI=1S/C23H28N4O4S/c1-15-13-17(16(2)24-19-7-5-6-8-20(19)32(4,29)30)21-18(14-15)22(28)26(3)23(25-21)27-9-11-31-12-10-27/h5-8,13-14,16,24H,9-12H2,1-4H3/t16-/m1/s1. The molecule has 1 N–H and O–H groups in total. The molecule has 8 nitrogen and oxygen atoms in total. The summed E-state index contributed by atoms with van der Waals surface area (Å²) >= 11 is 0. The van der Waals surface area contributed by atoms with Gasteiger partial charge in [-0.1, -0.05) is 18.2 Å².